The van der Waals surface area contributed by atoms with Gasteiger partial charge in [-0.05, 0) is 31.0 Å². The fourth-order valence-electron chi connectivity index (χ4n) is 1.74. The molecule has 0 aromatic heterocycles. The monoisotopic (exact) mass is 254 g/mol. The van der Waals surface area contributed by atoms with Crippen molar-refractivity contribution in [3.63, 3.8) is 0 Å². The summed E-state index contributed by atoms with van der Waals surface area (Å²) in [6.45, 7) is 5.60. The van der Waals surface area contributed by atoms with E-state index in [1.165, 1.54) is 18.2 Å². The van der Waals surface area contributed by atoms with Crippen molar-refractivity contribution in [2.45, 2.75) is 20.8 Å². The SMILES string of the molecule is CCOc1ccc(C(=O)C(CO)C(C)C)cc1F. The van der Waals surface area contributed by atoms with Gasteiger partial charge in [0.05, 0.1) is 13.2 Å². The van der Waals surface area contributed by atoms with Crippen LogP contribution in [0.5, 0.6) is 5.75 Å². The minimum atomic E-state index is -0.553. The number of Topliss-reactive ketones (excluding diaryl/α,β-unsaturated/α-hetero) is 1. The first-order valence-corrected chi connectivity index (χ1v) is 6.08. The summed E-state index contributed by atoms with van der Waals surface area (Å²) in [7, 11) is 0. The van der Waals surface area contributed by atoms with E-state index < -0.39 is 11.7 Å². The van der Waals surface area contributed by atoms with Crippen LogP contribution in [0.2, 0.25) is 0 Å². The molecule has 0 heterocycles. The Morgan fingerprint density at radius 2 is 2.11 bits per heavy atom. The Hall–Kier alpha value is -1.42. The maximum absolute atomic E-state index is 13.6. The average molecular weight is 254 g/mol. The molecule has 1 atom stereocenters. The first kappa shape index (κ1) is 14.6. The van der Waals surface area contributed by atoms with Crippen LogP contribution in [0.3, 0.4) is 0 Å². The highest BCUT2D eigenvalue weighted by Crippen LogP contribution is 2.22. The second-order valence-electron chi connectivity index (χ2n) is 4.48. The smallest absolute Gasteiger partial charge is 0.168 e. The van der Waals surface area contributed by atoms with Gasteiger partial charge < -0.3 is 9.84 Å². The maximum atomic E-state index is 13.6. The Morgan fingerprint density at radius 1 is 1.44 bits per heavy atom. The first-order valence-electron chi connectivity index (χ1n) is 6.08. The van der Waals surface area contributed by atoms with E-state index in [0.717, 1.165) is 0 Å². The molecule has 0 saturated carbocycles. The molecule has 0 spiro atoms. The quantitative estimate of drug-likeness (QED) is 0.794. The van der Waals surface area contributed by atoms with E-state index in [2.05, 4.69) is 0 Å². The van der Waals surface area contributed by atoms with E-state index in [0.29, 0.717) is 6.61 Å². The molecule has 1 N–H and O–H groups in total. The number of halogens is 1. The first-order chi connectivity index (χ1) is 8.51. The molecule has 0 amide bonds. The van der Waals surface area contributed by atoms with E-state index in [4.69, 9.17) is 4.74 Å². The minimum Gasteiger partial charge on any atom is -0.491 e. The number of aliphatic hydroxyl groups is 1. The average Bonchev–Trinajstić information content (AvgIpc) is 2.32. The van der Waals surface area contributed by atoms with Gasteiger partial charge in [-0.25, -0.2) is 4.39 Å². The van der Waals surface area contributed by atoms with Crippen molar-refractivity contribution in [3.05, 3.63) is 29.6 Å². The van der Waals surface area contributed by atoms with Gasteiger partial charge in [0.2, 0.25) is 0 Å². The number of aliphatic hydroxyl groups excluding tert-OH is 1. The van der Waals surface area contributed by atoms with Crippen molar-refractivity contribution in [2.75, 3.05) is 13.2 Å². The summed E-state index contributed by atoms with van der Waals surface area (Å²) in [5.74, 6) is -1.14. The van der Waals surface area contributed by atoms with E-state index in [1.807, 2.05) is 13.8 Å². The van der Waals surface area contributed by atoms with Gasteiger partial charge >= 0.3 is 0 Å². The third-order valence-electron chi connectivity index (χ3n) is 2.85. The number of ether oxygens (including phenoxy) is 1. The van der Waals surface area contributed by atoms with Gasteiger partial charge in [-0.1, -0.05) is 13.8 Å². The molecular weight excluding hydrogens is 235 g/mol. The van der Waals surface area contributed by atoms with Crippen LogP contribution in [-0.4, -0.2) is 24.1 Å². The lowest BCUT2D eigenvalue weighted by molar-refractivity contribution is 0.0806. The minimum absolute atomic E-state index is 0.0112. The normalized spacial score (nSPS) is 12.6. The molecule has 1 rings (SSSR count). The number of benzene rings is 1. The Balaban J connectivity index is 2.96. The van der Waals surface area contributed by atoms with Crippen LogP contribution in [0.4, 0.5) is 4.39 Å². The van der Waals surface area contributed by atoms with E-state index >= 15 is 0 Å². The van der Waals surface area contributed by atoms with Crippen LogP contribution in [0.1, 0.15) is 31.1 Å². The largest absolute Gasteiger partial charge is 0.491 e. The molecule has 18 heavy (non-hydrogen) atoms. The lowest BCUT2D eigenvalue weighted by Gasteiger charge is -2.17. The van der Waals surface area contributed by atoms with E-state index in [1.54, 1.807) is 6.92 Å². The summed E-state index contributed by atoms with van der Waals surface area (Å²) in [5.41, 5.74) is 0.267. The van der Waals surface area contributed by atoms with Crippen LogP contribution in [0, 0.1) is 17.7 Å². The summed E-state index contributed by atoms with van der Waals surface area (Å²) in [6.07, 6.45) is 0. The van der Waals surface area contributed by atoms with Crippen molar-refractivity contribution >= 4 is 5.78 Å². The third-order valence-corrected chi connectivity index (χ3v) is 2.85. The predicted octanol–water partition coefficient (Wildman–Crippen LogP) is 2.67. The number of hydrogen-bond donors (Lipinski definition) is 1. The third kappa shape index (κ3) is 3.29. The molecule has 0 saturated heterocycles. The highest BCUT2D eigenvalue weighted by molar-refractivity contribution is 5.98. The maximum Gasteiger partial charge on any atom is 0.168 e. The Bertz CT molecular complexity index is 416. The van der Waals surface area contributed by atoms with E-state index in [-0.39, 0.29) is 29.6 Å². The van der Waals surface area contributed by atoms with E-state index in [9.17, 15) is 14.3 Å². The van der Waals surface area contributed by atoms with Crippen LogP contribution < -0.4 is 4.74 Å². The van der Waals surface area contributed by atoms with Gasteiger partial charge in [0.15, 0.2) is 17.3 Å². The van der Waals surface area contributed by atoms with Crippen molar-refractivity contribution < 1.29 is 19.0 Å². The zero-order valence-electron chi connectivity index (χ0n) is 10.9. The molecule has 1 unspecified atom stereocenters. The molecule has 0 aliphatic rings. The fourth-order valence-corrected chi connectivity index (χ4v) is 1.74. The molecule has 3 nitrogen and oxygen atoms in total. The highest BCUT2D eigenvalue weighted by Gasteiger charge is 2.23. The van der Waals surface area contributed by atoms with Gasteiger partial charge in [-0.15, -0.1) is 0 Å². The van der Waals surface area contributed by atoms with Gasteiger partial charge in [0.1, 0.15) is 0 Å². The molecule has 1 aromatic rings. The Morgan fingerprint density at radius 3 is 2.56 bits per heavy atom. The fraction of sp³-hybridized carbons (Fsp3) is 0.500. The summed E-state index contributed by atoms with van der Waals surface area (Å²) < 4.78 is 18.7. The van der Waals surface area contributed by atoms with Gasteiger partial charge in [-0.2, -0.15) is 0 Å². The number of ketones is 1. The molecular formula is C14H19FO3. The van der Waals surface area contributed by atoms with Crippen molar-refractivity contribution in [1.29, 1.82) is 0 Å². The molecule has 0 bridgehead atoms. The van der Waals surface area contributed by atoms with Crippen LogP contribution in [-0.2, 0) is 0 Å². The van der Waals surface area contributed by atoms with Gasteiger partial charge in [0.25, 0.3) is 0 Å². The van der Waals surface area contributed by atoms with Crippen molar-refractivity contribution in [3.8, 4) is 5.75 Å². The summed E-state index contributed by atoms with van der Waals surface area (Å²) >= 11 is 0. The highest BCUT2D eigenvalue weighted by atomic mass is 19.1. The molecule has 4 heteroatoms. The molecule has 1 aromatic carbocycles. The second kappa shape index (κ2) is 6.50. The molecule has 0 radical (unpaired) electrons. The topological polar surface area (TPSA) is 46.5 Å². The van der Waals surface area contributed by atoms with Crippen LogP contribution in [0.25, 0.3) is 0 Å². The number of carbonyl (C=O) groups excluding carboxylic acids is 1. The van der Waals surface area contributed by atoms with Crippen LogP contribution >= 0.6 is 0 Å². The Labute approximate surface area is 107 Å². The zero-order valence-corrected chi connectivity index (χ0v) is 10.9. The standard InChI is InChI=1S/C14H19FO3/c1-4-18-13-6-5-10(7-12(13)15)14(17)11(8-16)9(2)3/h5-7,9,11,16H,4,8H2,1-3H3. The summed E-state index contributed by atoms with van der Waals surface area (Å²) in [5, 5.41) is 9.20. The van der Waals surface area contributed by atoms with Crippen molar-refractivity contribution in [2.24, 2.45) is 11.8 Å². The number of hydrogen-bond acceptors (Lipinski definition) is 3. The molecule has 0 fully saturated rings. The van der Waals surface area contributed by atoms with Gasteiger partial charge in [-0.3, -0.25) is 4.79 Å². The van der Waals surface area contributed by atoms with Crippen LogP contribution in [0.15, 0.2) is 18.2 Å². The summed E-state index contributed by atoms with van der Waals surface area (Å²) in [4.78, 5) is 12.1. The van der Waals surface area contributed by atoms with Gasteiger partial charge in [0, 0.05) is 11.5 Å². The lowest BCUT2D eigenvalue weighted by Crippen LogP contribution is -2.24. The lowest BCUT2D eigenvalue weighted by atomic mass is 9.88. The summed E-state index contributed by atoms with van der Waals surface area (Å²) in [6, 6.07) is 4.14. The molecule has 0 aliphatic carbocycles. The molecule has 0 aliphatic heterocycles. The van der Waals surface area contributed by atoms with Crippen molar-refractivity contribution in [1.82, 2.24) is 0 Å². The Kier molecular flexibility index (Phi) is 5.28. The number of rotatable bonds is 6. The predicted molar refractivity (Wildman–Crippen MR) is 67.3 cm³/mol. The second-order valence-corrected chi connectivity index (χ2v) is 4.48. The molecule has 100 valence electrons. The zero-order chi connectivity index (χ0) is 13.7. The number of carbonyl (C=O) groups is 1.